The number of anilines is 1. The fraction of sp³-hybridized carbons (Fsp3) is 0.235. The van der Waals surface area contributed by atoms with Gasteiger partial charge < -0.3 is 18.9 Å². The third-order valence-corrected chi connectivity index (χ3v) is 5.20. The molecule has 1 N–H and O–H groups in total. The summed E-state index contributed by atoms with van der Waals surface area (Å²) in [6.45, 7) is 0.182. The molecule has 0 amide bonds. The minimum atomic E-state index is -1.52. The second kappa shape index (κ2) is 6.12. The molecule has 25 heavy (non-hydrogen) atoms. The number of benzene rings is 2. The number of aromatic amines is 1. The van der Waals surface area contributed by atoms with E-state index in [1.165, 1.54) is 6.07 Å². The molecule has 0 fully saturated rings. The maximum Gasteiger partial charge on any atom is 0.321 e. The molecule has 130 valence electrons. The molecule has 8 heteroatoms. The highest BCUT2D eigenvalue weighted by atomic mass is 32.2. The number of ether oxygens (including phenoxy) is 2. The number of halogens is 1. The van der Waals surface area contributed by atoms with Crippen LogP contribution < -0.4 is 14.4 Å². The number of imidazole rings is 1. The van der Waals surface area contributed by atoms with Crippen molar-refractivity contribution in [3.05, 3.63) is 41.7 Å². The molecule has 6 nitrogen and oxygen atoms in total. The summed E-state index contributed by atoms with van der Waals surface area (Å²) in [6, 6.07) is 8.31. The lowest BCUT2D eigenvalue weighted by Gasteiger charge is -2.18. The highest BCUT2D eigenvalue weighted by molar-refractivity contribution is 7.90. The number of hydrogen-bond acceptors (Lipinski definition) is 5. The highest BCUT2D eigenvalue weighted by Crippen LogP contribution is 2.36. The van der Waals surface area contributed by atoms with Gasteiger partial charge in [0, 0.05) is 43.1 Å². The van der Waals surface area contributed by atoms with E-state index in [1.54, 1.807) is 29.2 Å². The summed E-state index contributed by atoms with van der Waals surface area (Å²) >= 11 is -1.52. The van der Waals surface area contributed by atoms with E-state index in [9.17, 15) is 8.94 Å². The predicted molar refractivity (Wildman–Crippen MR) is 93.1 cm³/mol. The normalized spacial score (nSPS) is 14.1. The van der Waals surface area contributed by atoms with Crippen LogP contribution in [0.4, 0.5) is 10.1 Å². The Balaban J connectivity index is 1.66. The summed E-state index contributed by atoms with van der Waals surface area (Å²) < 4.78 is 37.6. The van der Waals surface area contributed by atoms with Crippen molar-refractivity contribution in [1.29, 1.82) is 0 Å². The molecule has 1 aliphatic rings. The van der Waals surface area contributed by atoms with E-state index < -0.39 is 11.2 Å². The van der Waals surface area contributed by atoms with Crippen molar-refractivity contribution in [3.8, 4) is 11.5 Å². The molecular weight excluding hydrogens is 345 g/mol. The lowest BCUT2D eigenvalue weighted by Crippen LogP contribution is -2.15. The van der Waals surface area contributed by atoms with Crippen LogP contribution in [0.15, 0.2) is 35.5 Å². The minimum absolute atomic E-state index is 0.0344. The lowest BCUT2D eigenvalue weighted by molar-refractivity contribution is 0.174. The molecule has 2 heterocycles. The fourth-order valence-electron chi connectivity index (χ4n) is 2.79. The molecule has 0 saturated carbocycles. The molecule has 1 aromatic heterocycles. The molecule has 0 spiro atoms. The van der Waals surface area contributed by atoms with E-state index in [2.05, 4.69) is 9.97 Å². The Bertz CT molecular complexity index is 903. The van der Waals surface area contributed by atoms with Gasteiger partial charge in [-0.2, -0.15) is 4.98 Å². The zero-order valence-electron chi connectivity index (χ0n) is 13.7. The van der Waals surface area contributed by atoms with Crippen LogP contribution in [0, 0.1) is 5.82 Å². The average Bonchev–Trinajstić information content (AvgIpc) is 3.19. The molecule has 1 atom stereocenters. The highest BCUT2D eigenvalue weighted by Gasteiger charge is 2.24. The third-order valence-electron chi connectivity index (χ3n) is 4.02. The second-order valence-electron chi connectivity index (χ2n) is 5.89. The Hall–Kier alpha value is -2.45. The van der Waals surface area contributed by atoms with Gasteiger partial charge in [0.2, 0.25) is 6.79 Å². The molecule has 0 bridgehead atoms. The molecule has 1 aliphatic heterocycles. The van der Waals surface area contributed by atoms with Gasteiger partial charge in [-0.05, 0) is 12.1 Å². The van der Waals surface area contributed by atoms with E-state index in [0.717, 1.165) is 0 Å². The molecule has 3 aromatic rings. The van der Waals surface area contributed by atoms with Gasteiger partial charge in [-0.3, -0.25) is 4.98 Å². The zero-order chi connectivity index (χ0) is 17.6. The second-order valence-corrected chi connectivity index (χ2v) is 7.25. The van der Waals surface area contributed by atoms with Crippen LogP contribution in [0.5, 0.6) is 11.5 Å². The first-order valence-corrected chi connectivity index (χ1v) is 8.97. The van der Waals surface area contributed by atoms with Crippen molar-refractivity contribution in [3.63, 3.8) is 0 Å². The summed E-state index contributed by atoms with van der Waals surface area (Å²) in [7, 11) is 3.65. The minimum Gasteiger partial charge on any atom is -0.609 e. The van der Waals surface area contributed by atoms with Crippen LogP contribution in [-0.2, 0) is 16.9 Å². The fourth-order valence-corrected chi connectivity index (χ4v) is 3.90. The van der Waals surface area contributed by atoms with Gasteiger partial charge in [-0.25, -0.2) is 4.39 Å². The van der Waals surface area contributed by atoms with Crippen LogP contribution in [0.3, 0.4) is 0 Å². The van der Waals surface area contributed by atoms with Gasteiger partial charge >= 0.3 is 5.16 Å². The maximum absolute atomic E-state index is 14.2. The quantitative estimate of drug-likeness (QED) is 0.724. The van der Waals surface area contributed by atoms with E-state index in [4.69, 9.17) is 9.47 Å². The predicted octanol–water partition coefficient (Wildman–Crippen LogP) is 2.80. The molecule has 0 saturated heterocycles. The summed E-state index contributed by atoms with van der Waals surface area (Å²) in [5, 5.41) is 0.298. The van der Waals surface area contributed by atoms with Gasteiger partial charge in [-0.15, -0.1) is 0 Å². The van der Waals surface area contributed by atoms with Crippen molar-refractivity contribution in [2.24, 2.45) is 0 Å². The van der Waals surface area contributed by atoms with Gasteiger partial charge in [-0.1, -0.05) is 6.07 Å². The molecule has 4 rings (SSSR count). The van der Waals surface area contributed by atoms with Gasteiger partial charge in [0.05, 0.1) is 16.6 Å². The maximum atomic E-state index is 14.2. The molecule has 0 aliphatic carbocycles. The van der Waals surface area contributed by atoms with Gasteiger partial charge in [0.25, 0.3) is 0 Å². The lowest BCUT2D eigenvalue weighted by atomic mass is 10.2. The first-order chi connectivity index (χ1) is 12.0. The van der Waals surface area contributed by atoms with Crippen LogP contribution >= 0.6 is 0 Å². The number of fused-ring (bicyclic) bond motifs is 2. The number of hydrogen-bond donors (Lipinski definition) is 1. The van der Waals surface area contributed by atoms with Crippen molar-refractivity contribution in [2.75, 3.05) is 25.8 Å². The standard InChI is InChI=1S/C17H16FN3O3S/c1-21(2)14-5-3-4-11(18)10(14)8-25(22)17-19-12-6-15-16(24-9-23-15)7-13(12)20-17/h3-7H,8-9H2,1-2H3,(H,19,20). The first-order valence-electron chi connectivity index (χ1n) is 7.65. The topological polar surface area (TPSA) is 73.4 Å². The zero-order valence-corrected chi connectivity index (χ0v) is 14.5. The van der Waals surface area contributed by atoms with Crippen molar-refractivity contribution >= 4 is 27.9 Å². The summed E-state index contributed by atoms with van der Waals surface area (Å²) in [4.78, 5) is 9.19. The molecule has 2 aromatic carbocycles. The van der Waals surface area contributed by atoms with Crippen LogP contribution in [0.2, 0.25) is 0 Å². The van der Waals surface area contributed by atoms with Crippen molar-refractivity contribution < 1.29 is 18.4 Å². The van der Waals surface area contributed by atoms with Crippen LogP contribution in [0.25, 0.3) is 11.0 Å². The number of aromatic nitrogens is 2. The monoisotopic (exact) mass is 361 g/mol. The van der Waals surface area contributed by atoms with Gasteiger partial charge in [0.15, 0.2) is 11.5 Å². The number of nitrogens with one attached hydrogen (secondary N) is 1. The molecular formula is C17H16FN3O3S. The smallest absolute Gasteiger partial charge is 0.321 e. The SMILES string of the molecule is CN(C)c1cccc(F)c1C[S+]([O-])c1nc2cc3c(cc2[nH]1)OCO3. The van der Waals surface area contributed by atoms with Crippen molar-refractivity contribution in [2.45, 2.75) is 10.9 Å². The average molecular weight is 361 g/mol. The summed E-state index contributed by atoms with van der Waals surface area (Å²) in [6.07, 6.45) is 0. The Morgan fingerprint density at radius 3 is 2.80 bits per heavy atom. The van der Waals surface area contributed by atoms with E-state index in [-0.39, 0.29) is 18.4 Å². The number of rotatable bonds is 4. The Kier molecular flexibility index (Phi) is 3.93. The third kappa shape index (κ3) is 2.87. The summed E-state index contributed by atoms with van der Waals surface area (Å²) in [5.74, 6) is 0.890. The molecule has 1 unspecified atom stereocenters. The van der Waals surface area contributed by atoms with Crippen molar-refractivity contribution in [1.82, 2.24) is 9.97 Å². The number of nitrogens with zero attached hydrogens (tertiary/aromatic N) is 2. The number of H-pyrrole nitrogens is 1. The van der Waals surface area contributed by atoms with E-state index in [0.29, 0.717) is 38.9 Å². The van der Waals surface area contributed by atoms with E-state index >= 15 is 0 Å². The molecule has 0 radical (unpaired) electrons. The first kappa shape index (κ1) is 16.0. The van der Waals surface area contributed by atoms with Crippen LogP contribution in [-0.4, -0.2) is 35.4 Å². The largest absolute Gasteiger partial charge is 0.609 e. The Morgan fingerprint density at radius 1 is 1.28 bits per heavy atom. The van der Waals surface area contributed by atoms with Gasteiger partial charge in [0.1, 0.15) is 11.6 Å². The van der Waals surface area contributed by atoms with E-state index in [1.807, 2.05) is 14.1 Å². The summed E-state index contributed by atoms with van der Waals surface area (Å²) in [5.41, 5.74) is 2.44. The van der Waals surface area contributed by atoms with Crippen LogP contribution in [0.1, 0.15) is 5.56 Å². The Morgan fingerprint density at radius 2 is 2.04 bits per heavy atom. The Labute approximate surface area is 146 Å².